The van der Waals surface area contributed by atoms with Crippen LogP contribution < -0.4 is 14.4 Å². The largest absolute Gasteiger partial charge is 0.477 e. The summed E-state index contributed by atoms with van der Waals surface area (Å²) in [6, 6.07) is 13.4. The summed E-state index contributed by atoms with van der Waals surface area (Å²) in [5, 5.41) is 9.53. The average Bonchev–Trinajstić information content (AvgIpc) is 3.65. The van der Waals surface area contributed by atoms with E-state index in [1.54, 1.807) is 19.1 Å². The Kier molecular flexibility index (Phi) is 6.22. The zero-order chi connectivity index (χ0) is 29.5. The zero-order valence-corrected chi connectivity index (χ0v) is 24.9. The van der Waals surface area contributed by atoms with E-state index in [9.17, 15) is 14.3 Å². The van der Waals surface area contributed by atoms with Gasteiger partial charge in [-0.15, -0.1) is 11.3 Å². The molecule has 1 N–H and O–H groups in total. The lowest BCUT2D eigenvalue weighted by Gasteiger charge is -2.42. The summed E-state index contributed by atoms with van der Waals surface area (Å²) < 4.78 is 35.6. The molecule has 6 heterocycles. The number of carboxylic acid groups (broad SMARTS) is 1. The lowest BCUT2D eigenvalue weighted by atomic mass is 10.0. The smallest absolute Gasteiger partial charge is 0.346 e. The van der Waals surface area contributed by atoms with E-state index in [2.05, 4.69) is 20.4 Å². The number of thiophene rings is 1. The van der Waals surface area contributed by atoms with Crippen molar-refractivity contribution in [1.82, 2.24) is 14.5 Å². The summed E-state index contributed by atoms with van der Waals surface area (Å²) in [7, 11) is 0. The van der Waals surface area contributed by atoms with Gasteiger partial charge in [0.05, 0.1) is 36.0 Å². The lowest BCUT2D eigenvalue weighted by Crippen LogP contribution is -2.53. The van der Waals surface area contributed by atoms with Crippen molar-refractivity contribution in [3.05, 3.63) is 70.1 Å². The van der Waals surface area contributed by atoms with Crippen LogP contribution in [0, 0.1) is 12.7 Å². The van der Waals surface area contributed by atoms with Gasteiger partial charge < -0.3 is 28.8 Å². The number of ether oxygens (including phenoxy) is 3. The molecule has 3 saturated heterocycles. The summed E-state index contributed by atoms with van der Waals surface area (Å²) in [6.07, 6.45) is 3.31. The van der Waals surface area contributed by atoms with E-state index in [0.29, 0.717) is 47.1 Å². The Morgan fingerprint density at radius 3 is 2.63 bits per heavy atom. The predicted molar refractivity (Wildman–Crippen MR) is 160 cm³/mol. The second-order valence-corrected chi connectivity index (χ2v) is 13.3. The highest BCUT2D eigenvalue weighted by atomic mass is 32.1. The molecular formula is C32H33FN4O5S. The van der Waals surface area contributed by atoms with E-state index in [1.807, 2.05) is 25.1 Å². The van der Waals surface area contributed by atoms with Gasteiger partial charge in [-0.05, 0) is 62.1 Å². The Morgan fingerprint density at radius 1 is 1.14 bits per heavy atom. The normalized spacial score (nSPS) is 26.3. The van der Waals surface area contributed by atoms with E-state index in [0.717, 1.165) is 66.4 Å². The van der Waals surface area contributed by atoms with Gasteiger partial charge in [0.15, 0.2) is 11.5 Å². The van der Waals surface area contributed by atoms with Crippen molar-refractivity contribution in [2.45, 2.75) is 70.2 Å². The molecule has 2 aromatic heterocycles. The number of benzene rings is 2. The van der Waals surface area contributed by atoms with Crippen molar-refractivity contribution in [2.24, 2.45) is 0 Å². The first kappa shape index (κ1) is 26.9. The molecule has 9 nitrogen and oxygen atoms in total. The predicted octanol–water partition coefficient (Wildman–Crippen LogP) is 5.53. The van der Waals surface area contributed by atoms with Gasteiger partial charge in [-0.25, -0.2) is 14.2 Å². The number of aryl methyl sites for hydroxylation is 1. The number of fused-ring (bicyclic) bond motifs is 4. The number of aromatic carboxylic acids is 1. The number of carboxylic acids is 1. The Labute approximate surface area is 252 Å². The van der Waals surface area contributed by atoms with Crippen molar-refractivity contribution in [2.75, 3.05) is 24.6 Å². The van der Waals surface area contributed by atoms with Crippen LogP contribution in [0.3, 0.4) is 0 Å². The van der Waals surface area contributed by atoms with Crippen LogP contribution in [0.1, 0.15) is 52.8 Å². The number of nitrogens with zero attached hydrogens (tertiary/aromatic N) is 4. The first-order valence-corrected chi connectivity index (χ1v) is 15.7. The van der Waals surface area contributed by atoms with Crippen LogP contribution in [0.4, 0.5) is 10.1 Å². The minimum atomic E-state index is -1.24. The van der Waals surface area contributed by atoms with E-state index in [4.69, 9.17) is 19.2 Å². The van der Waals surface area contributed by atoms with Crippen molar-refractivity contribution in [3.63, 3.8) is 0 Å². The third-order valence-electron chi connectivity index (χ3n) is 9.39. The molecular weight excluding hydrogens is 571 g/mol. The Bertz CT molecular complexity index is 1740. The first-order valence-electron chi connectivity index (χ1n) is 14.9. The number of anilines is 1. The second kappa shape index (κ2) is 9.93. The molecule has 8 rings (SSSR count). The first-order chi connectivity index (χ1) is 20.8. The maximum Gasteiger partial charge on any atom is 0.346 e. The molecule has 11 heteroatoms. The molecule has 2 bridgehead atoms. The number of halogens is 1. The zero-order valence-electron chi connectivity index (χ0n) is 24.1. The Morgan fingerprint density at radius 2 is 1.93 bits per heavy atom. The summed E-state index contributed by atoms with van der Waals surface area (Å²) in [4.78, 5) is 22.6. The molecule has 0 saturated carbocycles. The quantitative estimate of drug-likeness (QED) is 0.295. The van der Waals surface area contributed by atoms with Crippen molar-refractivity contribution >= 4 is 33.3 Å². The summed E-state index contributed by atoms with van der Waals surface area (Å²) >= 11 is 1.23. The van der Waals surface area contributed by atoms with Crippen LogP contribution in [0.2, 0.25) is 0 Å². The monoisotopic (exact) mass is 604 g/mol. The summed E-state index contributed by atoms with van der Waals surface area (Å²) in [6.45, 7) is 7.45. The van der Waals surface area contributed by atoms with Gasteiger partial charge in [-0.3, -0.25) is 4.90 Å². The maximum atomic E-state index is 15.0. The molecule has 4 aromatic rings. The number of rotatable bonds is 7. The fourth-order valence-corrected chi connectivity index (χ4v) is 7.98. The molecule has 4 aliphatic heterocycles. The van der Waals surface area contributed by atoms with Crippen LogP contribution in [0.5, 0.6) is 11.5 Å². The Balaban J connectivity index is 1.04. The van der Waals surface area contributed by atoms with Gasteiger partial charge in [0.2, 0.25) is 0 Å². The van der Waals surface area contributed by atoms with Gasteiger partial charge in [-0.1, -0.05) is 12.1 Å². The van der Waals surface area contributed by atoms with E-state index in [1.165, 1.54) is 17.4 Å². The van der Waals surface area contributed by atoms with Crippen LogP contribution in [-0.4, -0.2) is 63.4 Å². The minimum absolute atomic E-state index is 0.138. The number of carbonyl (C=O) groups is 1. The van der Waals surface area contributed by atoms with E-state index >= 15 is 0 Å². The summed E-state index contributed by atoms with van der Waals surface area (Å²) in [5.41, 5.74) is 3.07. The second-order valence-electron chi connectivity index (χ2n) is 12.2. The molecule has 0 amide bonds. The average molecular weight is 605 g/mol. The van der Waals surface area contributed by atoms with Crippen molar-refractivity contribution in [1.29, 1.82) is 0 Å². The molecule has 0 spiro atoms. The van der Waals surface area contributed by atoms with Crippen LogP contribution in [-0.2, 0) is 23.6 Å². The van der Waals surface area contributed by atoms with E-state index in [-0.39, 0.29) is 11.9 Å². The Hall–Kier alpha value is -3.67. The van der Waals surface area contributed by atoms with Gasteiger partial charge in [0, 0.05) is 38.7 Å². The number of para-hydroxylation sites is 1. The fourth-order valence-electron chi connectivity index (χ4n) is 7.09. The molecule has 4 aliphatic rings. The molecule has 0 radical (unpaired) electrons. The molecule has 43 heavy (non-hydrogen) atoms. The third kappa shape index (κ3) is 4.47. The van der Waals surface area contributed by atoms with Crippen LogP contribution in [0.25, 0.3) is 10.3 Å². The molecule has 0 aliphatic carbocycles. The number of piperazine rings is 1. The number of hydrogen-bond acceptors (Lipinski definition) is 8. The maximum absolute atomic E-state index is 15.0. The van der Waals surface area contributed by atoms with Gasteiger partial charge in [0.25, 0.3) is 5.79 Å². The SMILES string of the molecule is Cc1ccc(C2(C)Oc3cccc(N4CC5CCC(C4)N5Cc4nc5sc(C(=O)O)cc5n4CC4CCO4)c3O2)c(F)c1. The van der Waals surface area contributed by atoms with Crippen LogP contribution >= 0.6 is 11.3 Å². The lowest BCUT2D eigenvalue weighted by molar-refractivity contribution is -0.0705. The molecule has 224 valence electrons. The van der Waals surface area contributed by atoms with Gasteiger partial charge >= 0.3 is 5.97 Å². The fraction of sp³-hybridized carbons (Fsp3) is 0.438. The number of imidazole rings is 1. The van der Waals surface area contributed by atoms with Gasteiger partial charge in [0.1, 0.15) is 21.3 Å². The highest BCUT2D eigenvalue weighted by molar-refractivity contribution is 7.20. The standard InChI is InChI=1S/C32H33FN4O5S/c1-18-6-9-22(23(33)12-18)32(2)41-26-5-3-4-24(29(26)42-32)35-14-19-7-8-20(15-35)36(19)17-28-34-30-25(13-27(43-30)31(38)39)37(28)16-21-10-11-40-21/h3-6,9,12-13,19-21H,7-8,10-11,14-17H2,1-2H3,(H,38,39). The molecule has 4 atom stereocenters. The highest BCUT2D eigenvalue weighted by Gasteiger charge is 2.45. The minimum Gasteiger partial charge on any atom is -0.477 e. The number of hydrogen-bond donors (Lipinski definition) is 1. The number of aromatic nitrogens is 2. The van der Waals surface area contributed by atoms with E-state index < -0.39 is 11.8 Å². The highest BCUT2D eigenvalue weighted by Crippen LogP contribution is 2.50. The van der Waals surface area contributed by atoms with Crippen LogP contribution in [0.15, 0.2) is 42.5 Å². The summed E-state index contributed by atoms with van der Waals surface area (Å²) in [5.74, 6) is -0.265. The van der Waals surface area contributed by atoms with Crippen molar-refractivity contribution in [3.8, 4) is 11.5 Å². The van der Waals surface area contributed by atoms with Crippen molar-refractivity contribution < 1.29 is 28.5 Å². The van der Waals surface area contributed by atoms with Gasteiger partial charge in [-0.2, -0.15) is 0 Å². The molecule has 3 fully saturated rings. The molecule has 2 aromatic carbocycles. The topological polar surface area (TPSA) is 89.3 Å². The third-order valence-corrected chi connectivity index (χ3v) is 10.4. The molecule has 4 unspecified atom stereocenters.